The van der Waals surface area contributed by atoms with E-state index >= 15 is 0 Å². The molecular formula is C29H31N4O5+. The van der Waals surface area contributed by atoms with Gasteiger partial charge in [0.25, 0.3) is 5.69 Å². The molecule has 9 heteroatoms. The van der Waals surface area contributed by atoms with E-state index in [4.69, 9.17) is 14.7 Å². The molecule has 2 N–H and O–H groups in total. The van der Waals surface area contributed by atoms with Gasteiger partial charge in [-0.1, -0.05) is 12.1 Å². The molecule has 3 rings (SSSR count). The van der Waals surface area contributed by atoms with Crippen LogP contribution in [0.15, 0.2) is 54.7 Å². The van der Waals surface area contributed by atoms with Gasteiger partial charge in [-0.2, -0.15) is 10.5 Å². The third-order valence-corrected chi connectivity index (χ3v) is 5.65. The van der Waals surface area contributed by atoms with Crippen LogP contribution in [-0.2, 0) is 17.9 Å². The standard InChI is InChI=1S/C29H31N4O5/c1-19-27(37-18-23-8-6-7-22(13-23)15-31)26(20(2)34)24(17-33(19)36)16-32(28(35)38-29(3,4)5)25-11-9-21(14-30)10-12-25/h6-13,17,20,34,36H,16,18H2,1-5H3/q+1. The number of pyridine rings is 1. The molecule has 196 valence electrons. The Morgan fingerprint density at radius 3 is 2.34 bits per heavy atom. The molecule has 0 saturated carbocycles. The Kier molecular flexibility index (Phi) is 8.57. The molecule has 0 aliphatic carbocycles. The van der Waals surface area contributed by atoms with E-state index in [0.29, 0.717) is 33.6 Å². The van der Waals surface area contributed by atoms with Crippen LogP contribution >= 0.6 is 0 Å². The minimum Gasteiger partial charge on any atom is -0.482 e. The summed E-state index contributed by atoms with van der Waals surface area (Å²) in [4.78, 5) is 14.6. The molecule has 0 bridgehead atoms. The number of aliphatic hydroxyl groups is 1. The number of nitrogens with zero attached hydrogens (tertiary/aromatic N) is 4. The molecule has 0 aliphatic rings. The first-order chi connectivity index (χ1) is 17.9. The third kappa shape index (κ3) is 6.78. The van der Waals surface area contributed by atoms with Crippen molar-refractivity contribution in [3.05, 3.63) is 88.2 Å². The van der Waals surface area contributed by atoms with Gasteiger partial charge in [-0.3, -0.25) is 10.1 Å². The van der Waals surface area contributed by atoms with Crippen LogP contribution < -0.4 is 14.4 Å². The summed E-state index contributed by atoms with van der Waals surface area (Å²) in [7, 11) is 0. The number of amides is 1. The van der Waals surface area contributed by atoms with E-state index in [-0.39, 0.29) is 18.9 Å². The second-order valence-electron chi connectivity index (χ2n) is 9.83. The van der Waals surface area contributed by atoms with E-state index in [2.05, 4.69) is 12.1 Å². The van der Waals surface area contributed by atoms with E-state index in [9.17, 15) is 20.4 Å². The van der Waals surface area contributed by atoms with Crippen molar-refractivity contribution >= 4 is 11.8 Å². The summed E-state index contributed by atoms with van der Waals surface area (Å²) in [6, 6.07) is 17.5. The van der Waals surface area contributed by atoms with Crippen LogP contribution in [0.5, 0.6) is 5.75 Å². The van der Waals surface area contributed by atoms with Gasteiger partial charge in [-0.05, 0) is 69.7 Å². The van der Waals surface area contributed by atoms with Crippen LogP contribution in [-0.4, -0.2) is 22.0 Å². The van der Waals surface area contributed by atoms with Crippen molar-refractivity contribution in [1.29, 1.82) is 10.5 Å². The van der Waals surface area contributed by atoms with Crippen LogP contribution in [0.1, 0.15) is 67.3 Å². The molecule has 1 heterocycles. The zero-order valence-corrected chi connectivity index (χ0v) is 22.1. The van der Waals surface area contributed by atoms with Gasteiger partial charge in [0.1, 0.15) is 12.2 Å². The minimum atomic E-state index is -1.01. The predicted octanol–water partition coefficient (Wildman–Crippen LogP) is 4.84. The molecule has 1 amide bonds. The van der Waals surface area contributed by atoms with Crippen molar-refractivity contribution in [3.63, 3.8) is 0 Å². The normalized spacial score (nSPS) is 11.7. The average molecular weight is 516 g/mol. The Bertz CT molecular complexity index is 1400. The number of rotatable bonds is 7. The first-order valence-corrected chi connectivity index (χ1v) is 12.0. The summed E-state index contributed by atoms with van der Waals surface area (Å²) < 4.78 is 12.6. The maximum atomic E-state index is 13.3. The highest BCUT2D eigenvalue weighted by atomic mass is 16.6. The molecule has 2 aromatic carbocycles. The highest BCUT2D eigenvalue weighted by Gasteiger charge is 2.30. The molecule has 3 aromatic rings. The summed E-state index contributed by atoms with van der Waals surface area (Å²) in [5, 5.41) is 39.8. The number of hydrogen-bond donors (Lipinski definition) is 2. The Morgan fingerprint density at radius 2 is 1.76 bits per heavy atom. The molecule has 0 fully saturated rings. The molecule has 0 radical (unpaired) electrons. The second kappa shape index (κ2) is 11.6. The van der Waals surface area contributed by atoms with E-state index in [0.717, 1.165) is 10.3 Å². The molecule has 9 nitrogen and oxygen atoms in total. The van der Waals surface area contributed by atoms with Gasteiger partial charge in [-0.15, -0.1) is 0 Å². The van der Waals surface area contributed by atoms with Gasteiger partial charge in [0.2, 0.25) is 6.20 Å². The topological polar surface area (TPSA) is 131 Å². The van der Waals surface area contributed by atoms with Crippen LogP contribution in [0.2, 0.25) is 0 Å². The highest BCUT2D eigenvalue weighted by molar-refractivity contribution is 5.88. The van der Waals surface area contributed by atoms with Gasteiger partial charge in [0.15, 0.2) is 5.75 Å². The quantitative estimate of drug-likeness (QED) is 0.340. The van der Waals surface area contributed by atoms with Crippen LogP contribution in [0.4, 0.5) is 10.5 Å². The number of anilines is 1. The van der Waals surface area contributed by atoms with Crippen LogP contribution in [0.25, 0.3) is 0 Å². The SMILES string of the molecule is Cc1c(OCc2cccc(C#N)c2)c(C(C)O)c(CN(C(=O)OC(C)(C)C)c2ccc(C#N)cc2)c[n+]1O. The monoisotopic (exact) mass is 515 g/mol. The fourth-order valence-electron chi connectivity index (χ4n) is 3.88. The predicted molar refractivity (Wildman–Crippen MR) is 138 cm³/mol. The lowest BCUT2D eigenvalue weighted by Gasteiger charge is -2.28. The Morgan fingerprint density at radius 1 is 1.11 bits per heavy atom. The zero-order chi connectivity index (χ0) is 28.0. The fourth-order valence-corrected chi connectivity index (χ4v) is 3.88. The molecule has 0 saturated heterocycles. The number of benzene rings is 2. The lowest BCUT2D eigenvalue weighted by molar-refractivity contribution is -0.909. The van der Waals surface area contributed by atoms with Crippen molar-refractivity contribution < 1.29 is 29.3 Å². The molecule has 1 aromatic heterocycles. The second-order valence-corrected chi connectivity index (χ2v) is 9.83. The number of hydrogen-bond acceptors (Lipinski definition) is 7. The summed E-state index contributed by atoms with van der Waals surface area (Å²) in [6.07, 6.45) is -0.229. The minimum absolute atomic E-state index is 0.0673. The van der Waals surface area contributed by atoms with E-state index in [1.807, 2.05) is 6.07 Å². The number of aliphatic hydroxyl groups excluding tert-OH is 1. The van der Waals surface area contributed by atoms with Crippen molar-refractivity contribution in [2.75, 3.05) is 4.90 Å². The molecule has 1 unspecified atom stereocenters. The number of ether oxygens (including phenoxy) is 2. The largest absolute Gasteiger partial charge is 0.482 e. The number of nitriles is 2. The third-order valence-electron chi connectivity index (χ3n) is 5.65. The zero-order valence-electron chi connectivity index (χ0n) is 22.1. The maximum absolute atomic E-state index is 13.3. The number of carbonyl (C=O) groups excluding carboxylic acids is 1. The molecule has 0 aliphatic heterocycles. The van der Waals surface area contributed by atoms with Crippen molar-refractivity contribution in [2.45, 2.75) is 59.5 Å². The molecular weight excluding hydrogens is 484 g/mol. The van der Waals surface area contributed by atoms with Crippen molar-refractivity contribution in [3.8, 4) is 17.9 Å². The highest BCUT2D eigenvalue weighted by Crippen LogP contribution is 2.33. The Hall–Kier alpha value is -4.60. The molecule has 38 heavy (non-hydrogen) atoms. The molecule has 0 spiro atoms. The van der Waals surface area contributed by atoms with Gasteiger partial charge in [-0.25, -0.2) is 4.79 Å². The van der Waals surface area contributed by atoms with Gasteiger partial charge in [0.05, 0.1) is 41.5 Å². The van der Waals surface area contributed by atoms with E-state index in [1.54, 1.807) is 77.1 Å². The fraction of sp³-hybridized carbons (Fsp3) is 0.310. The smallest absolute Gasteiger partial charge is 0.415 e. The van der Waals surface area contributed by atoms with Crippen LogP contribution in [0.3, 0.4) is 0 Å². The number of carbonyl (C=O) groups is 1. The molecule has 1 atom stereocenters. The maximum Gasteiger partial charge on any atom is 0.415 e. The van der Waals surface area contributed by atoms with E-state index < -0.39 is 17.8 Å². The van der Waals surface area contributed by atoms with Gasteiger partial charge < -0.3 is 14.6 Å². The van der Waals surface area contributed by atoms with Crippen molar-refractivity contribution in [1.82, 2.24) is 0 Å². The first-order valence-electron chi connectivity index (χ1n) is 12.0. The summed E-state index contributed by atoms with van der Waals surface area (Å²) >= 11 is 0. The van der Waals surface area contributed by atoms with Gasteiger partial charge >= 0.3 is 6.09 Å². The summed E-state index contributed by atoms with van der Waals surface area (Å²) in [5.74, 6) is 0.256. The van der Waals surface area contributed by atoms with Crippen molar-refractivity contribution in [2.24, 2.45) is 0 Å². The van der Waals surface area contributed by atoms with Gasteiger partial charge in [0, 0.05) is 22.9 Å². The Balaban J connectivity index is 2.06. The lowest BCUT2D eigenvalue weighted by atomic mass is 10.0. The first kappa shape index (κ1) is 28.0. The Labute approximate surface area is 222 Å². The average Bonchev–Trinajstić information content (AvgIpc) is 2.87. The summed E-state index contributed by atoms with van der Waals surface area (Å²) in [6.45, 7) is 8.50. The van der Waals surface area contributed by atoms with Crippen LogP contribution in [0, 0.1) is 29.6 Å². The summed E-state index contributed by atoms with van der Waals surface area (Å²) in [5.41, 5.74) is 2.52. The van der Waals surface area contributed by atoms with E-state index in [1.165, 1.54) is 11.1 Å². The number of aromatic nitrogens is 1. The lowest BCUT2D eigenvalue weighted by Crippen LogP contribution is -2.39.